The van der Waals surface area contributed by atoms with Gasteiger partial charge in [-0.05, 0) is 17.9 Å². The molecule has 2 aromatic heterocycles. The van der Waals surface area contributed by atoms with Crippen molar-refractivity contribution in [2.75, 3.05) is 31.9 Å². The number of nitrogens with zero attached hydrogens (tertiary/aromatic N) is 4. The van der Waals surface area contributed by atoms with Crippen molar-refractivity contribution >= 4 is 29.0 Å². The third-order valence-corrected chi connectivity index (χ3v) is 6.29. The molecule has 0 aliphatic carbocycles. The number of rotatable bonds is 8. The molecule has 0 unspecified atom stereocenters. The van der Waals surface area contributed by atoms with Crippen molar-refractivity contribution in [3.05, 3.63) is 32.9 Å². The minimum Gasteiger partial charge on any atom is -0.339 e. The Morgan fingerprint density at radius 3 is 2.85 bits per heavy atom. The van der Waals surface area contributed by atoms with E-state index in [1.165, 1.54) is 16.6 Å². The molecule has 0 saturated carbocycles. The molecule has 2 aromatic rings. The number of hydrogen-bond acceptors (Lipinski definition) is 6. The van der Waals surface area contributed by atoms with Crippen LogP contribution in [0.1, 0.15) is 24.6 Å². The maximum Gasteiger partial charge on any atom is 0.343 e. The van der Waals surface area contributed by atoms with Crippen molar-refractivity contribution in [2.24, 2.45) is 0 Å². The van der Waals surface area contributed by atoms with Gasteiger partial charge in [-0.3, -0.25) is 14.3 Å². The highest BCUT2D eigenvalue weighted by molar-refractivity contribution is 7.99. The number of H-pyrrole nitrogens is 1. The van der Waals surface area contributed by atoms with Gasteiger partial charge in [0.2, 0.25) is 5.91 Å². The Bertz CT molecular complexity index is 748. The quantitative estimate of drug-likeness (QED) is 0.691. The molecule has 1 fully saturated rings. The smallest absolute Gasteiger partial charge is 0.339 e. The van der Waals surface area contributed by atoms with E-state index in [0.29, 0.717) is 17.5 Å². The molecule has 0 radical (unpaired) electrons. The Hall–Kier alpha value is -1.58. The zero-order chi connectivity index (χ0) is 18.4. The van der Waals surface area contributed by atoms with Gasteiger partial charge in [-0.2, -0.15) is 0 Å². The van der Waals surface area contributed by atoms with Gasteiger partial charge in [-0.15, -0.1) is 16.4 Å². The summed E-state index contributed by atoms with van der Waals surface area (Å²) in [5.74, 6) is 0.435. The molecule has 0 spiro atoms. The summed E-state index contributed by atoms with van der Waals surface area (Å²) in [6.45, 7) is 7.01. The summed E-state index contributed by atoms with van der Waals surface area (Å²) < 4.78 is 1.63. The van der Waals surface area contributed by atoms with Crippen LogP contribution >= 0.6 is 23.1 Å². The lowest BCUT2D eigenvalue weighted by atomic mass is 10.3. The highest BCUT2D eigenvalue weighted by atomic mass is 32.2. The highest BCUT2D eigenvalue weighted by Gasteiger charge is 2.22. The monoisotopic (exact) mass is 395 g/mol. The molecular formula is C17H25N5O2S2. The van der Waals surface area contributed by atoms with Crippen LogP contribution in [0.2, 0.25) is 0 Å². The minimum atomic E-state index is -0.199. The number of thioether (sulfide) groups is 1. The first kappa shape index (κ1) is 19.2. The number of nitrogens with one attached hydrogen (secondary N) is 1. The molecule has 0 atom stereocenters. The summed E-state index contributed by atoms with van der Waals surface area (Å²) in [6.07, 6.45) is 1.93. The summed E-state index contributed by atoms with van der Waals surface area (Å²) in [5, 5.41) is 9.24. The molecule has 7 nitrogen and oxygen atoms in total. The van der Waals surface area contributed by atoms with E-state index in [2.05, 4.69) is 39.5 Å². The van der Waals surface area contributed by atoms with Crippen LogP contribution in [0.15, 0.2) is 27.5 Å². The van der Waals surface area contributed by atoms with E-state index >= 15 is 0 Å². The van der Waals surface area contributed by atoms with Crippen LogP contribution in [0, 0.1) is 0 Å². The summed E-state index contributed by atoms with van der Waals surface area (Å²) in [6, 6.07) is 4.23. The van der Waals surface area contributed by atoms with Gasteiger partial charge < -0.3 is 4.90 Å². The fraction of sp³-hybridized carbons (Fsp3) is 0.588. The van der Waals surface area contributed by atoms with Crippen LogP contribution in [0.5, 0.6) is 0 Å². The molecule has 1 N–H and O–H groups in total. The SMILES string of the molecule is CCCCn1c(SCC(=O)N2CCN(Cc3cccs3)CC2)n[nH]c1=O. The van der Waals surface area contributed by atoms with Gasteiger partial charge >= 0.3 is 5.69 Å². The van der Waals surface area contributed by atoms with Crippen LogP contribution < -0.4 is 5.69 Å². The standard InChI is InChI=1S/C17H25N5O2S2/c1-2-3-6-22-16(24)18-19-17(22)26-13-15(23)21-9-7-20(8-10-21)12-14-5-4-11-25-14/h4-5,11H,2-3,6-10,12-13H2,1H3,(H,18,24). The molecule has 26 heavy (non-hydrogen) atoms. The van der Waals surface area contributed by atoms with Crippen molar-refractivity contribution in [3.63, 3.8) is 0 Å². The third-order valence-electron chi connectivity index (χ3n) is 4.47. The summed E-state index contributed by atoms with van der Waals surface area (Å²) in [5.41, 5.74) is -0.199. The number of piperazine rings is 1. The number of hydrogen-bond donors (Lipinski definition) is 1. The average Bonchev–Trinajstić information content (AvgIpc) is 3.28. The molecule has 3 heterocycles. The Balaban J connectivity index is 1.45. The molecule has 1 aliphatic rings. The number of thiophene rings is 1. The normalized spacial score (nSPS) is 15.5. The number of aromatic amines is 1. The number of carbonyl (C=O) groups is 1. The van der Waals surface area contributed by atoms with E-state index in [9.17, 15) is 9.59 Å². The maximum atomic E-state index is 12.5. The van der Waals surface area contributed by atoms with Gasteiger partial charge in [0.25, 0.3) is 0 Å². The van der Waals surface area contributed by atoms with Crippen LogP contribution in [0.25, 0.3) is 0 Å². The van der Waals surface area contributed by atoms with Crippen molar-refractivity contribution in [3.8, 4) is 0 Å². The summed E-state index contributed by atoms with van der Waals surface area (Å²) in [4.78, 5) is 29.9. The lowest BCUT2D eigenvalue weighted by Crippen LogP contribution is -2.48. The van der Waals surface area contributed by atoms with Crippen LogP contribution in [-0.2, 0) is 17.9 Å². The Morgan fingerprint density at radius 1 is 1.35 bits per heavy atom. The van der Waals surface area contributed by atoms with E-state index in [0.717, 1.165) is 45.6 Å². The Kier molecular flexibility index (Phi) is 6.93. The molecule has 0 bridgehead atoms. The van der Waals surface area contributed by atoms with E-state index in [1.807, 2.05) is 4.90 Å². The van der Waals surface area contributed by atoms with Gasteiger partial charge in [-0.25, -0.2) is 9.89 Å². The largest absolute Gasteiger partial charge is 0.343 e. The topological polar surface area (TPSA) is 74.2 Å². The zero-order valence-corrected chi connectivity index (χ0v) is 16.7. The predicted molar refractivity (Wildman–Crippen MR) is 105 cm³/mol. The van der Waals surface area contributed by atoms with Crippen LogP contribution in [-0.4, -0.2) is 62.4 Å². The fourth-order valence-electron chi connectivity index (χ4n) is 2.92. The van der Waals surface area contributed by atoms with Crippen molar-refractivity contribution in [2.45, 2.75) is 38.0 Å². The van der Waals surface area contributed by atoms with Crippen LogP contribution in [0.4, 0.5) is 0 Å². The second kappa shape index (κ2) is 9.38. The lowest BCUT2D eigenvalue weighted by Gasteiger charge is -2.34. The number of amides is 1. The van der Waals surface area contributed by atoms with E-state index in [4.69, 9.17) is 0 Å². The van der Waals surface area contributed by atoms with Crippen LogP contribution in [0.3, 0.4) is 0 Å². The lowest BCUT2D eigenvalue weighted by molar-refractivity contribution is -0.130. The Labute approximate surface area is 161 Å². The Morgan fingerprint density at radius 2 is 2.15 bits per heavy atom. The first-order chi connectivity index (χ1) is 12.7. The summed E-state index contributed by atoms with van der Waals surface area (Å²) in [7, 11) is 0. The molecule has 1 aliphatic heterocycles. The van der Waals surface area contributed by atoms with E-state index in [1.54, 1.807) is 15.9 Å². The van der Waals surface area contributed by atoms with E-state index < -0.39 is 0 Å². The molecule has 3 rings (SSSR count). The second-order valence-electron chi connectivity index (χ2n) is 6.34. The highest BCUT2D eigenvalue weighted by Crippen LogP contribution is 2.17. The molecule has 9 heteroatoms. The van der Waals surface area contributed by atoms with E-state index in [-0.39, 0.29) is 11.6 Å². The summed E-state index contributed by atoms with van der Waals surface area (Å²) >= 11 is 3.12. The molecule has 142 valence electrons. The van der Waals surface area contributed by atoms with Crippen molar-refractivity contribution in [1.82, 2.24) is 24.6 Å². The second-order valence-corrected chi connectivity index (χ2v) is 8.32. The minimum absolute atomic E-state index is 0.114. The van der Waals surface area contributed by atoms with Gasteiger partial charge in [0.1, 0.15) is 0 Å². The predicted octanol–water partition coefficient (Wildman–Crippen LogP) is 1.87. The average molecular weight is 396 g/mol. The van der Waals surface area contributed by atoms with Gasteiger partial charge in [0.15, 0.2) is 5.16 Å². The molecule has 1 saturated heterocycles. The number of carbonyl (C=O) groups excluding carboxylic acids is 1. The number of aromatic nitrogens is 3. The molecule has 0 aromatic carbocycles. The third kappa shape index (κ3) is 4.99. The molecular weight excluding hydrogens is 370 g/mol. The first-order valence-electron chi connectivity index (χ1n) is 8.98. The molecule has 1 amide bonds. The first-order valence-corrected chi connectivity index (χ1v) is 10.8. The maximum absolute atomic E-state index is 12.5. The zero-order valence-electron chi connectivity index (χ0n) is 15.0. The van der Waals surface area contributed by atoms with Gasteiger partial charge in [0.05, 0.1) is 5.75 Å². The van der Waals surface area contributed by atoms with Gasteiger partial charge in [0, 0.05) is 44.1 Å². The van der Waals surface area contributed by atoms with Gasteiger partial charge in [-0.1, -0.05) is 31.2 Å². The van der Waals surface area contributed by atoms with Crippen molar-refractivity contribution < 1.29 is 4.79 Å². The fourth-order valence-corrected chi connectivity index (χ4v) is 4.54. The van der Waals surface area contributed by atoms with Crippen molar-refractivity contribution in [1.29, 1.82) is 0 Å². The number of unbranched alkanes of at least 4 members (excludes halogenated alkanes) is 1.